The molecule has 0 atom stereocenters. The van der Waals surface area contributed by atoms with Crippen LogP contribution in [0.4, 0.5) is 0 Å². The van der Waals surface area contributed by atoms with Crippen LogP contribution in [0.25, 0.3) is 10.9 Å². The molecule has 0 fully saturated rings. The molecule has 0 aliphatic carbocycles. The summed E-state index contributed by atoms with van der Waals surface area (Å²) >= 11 is 9.00. The van der Waals surface area contributed by atoms with Gasteiger partial charge in [-0.1, -0.05) is 17.7 Å². The smallest absolute Gasteiger partial charge is 0.423 e. The number of aromatic nitrogens is 1. The lowest BCUT2D eigenvalue weighted by Gasteiger charge is -2.05. The molecule has 0 unspecified atom stereocenters. The highest BCUT2D eigenvalue weighted by Gasteiger charge is 2.16. The zero-order chi connectivity index (χ0) is 11.0. The summed E-state index contributed by atoms with van der Waals surface area (Å²) in [5, 5.41) is 19.5. The summed E-state index contributed by atoms with van der Waals surface area (Å²) in [6.45, 7) is 0. The highest BCUT2D eigenvalue weighted by atomic mass is 79.9. The van der Waals surface area contributed by atoms with Gasteiger partial charge in [-0.05, 0) is 34.1 Å². The van der Waals surface area contributed by atoms with E-state index in [0.717, 1.165) is 10.9 Å². The van der Waals surface area contributed by atoms with E-state index in [0.29, 0.717) is 15.1 Å². The van der Waals surface area contributed by atoms with Crippen molar-refractivity contribution in [1.82, 2.24) is 4.98 Å². The average molecular weight is 286 g/mol. The number of nitrogens with zero attached hydrogens (tertiary/aromatic N) is 1. The molecule has 3 nitrogen and oxygen atoms in total. The molecule has 6 heteroatoms. The van der Waals surface area contributed by atoms with Crippen LogP contribution < -0.4 is 5.46 Å². The Kier molecular flexibility index (Phi) is 2.97. The van der Waals surface area contributed by atoms with Crippen molar-refractivity contribution in [3.8, 4) is 0 Å². The lowest BCUT2D eigenvalue weighted by Crippen LogP contribution is -2.31. The number of hydrogen-bond donors (Lipinski definition) is 2. The maximum absolute atomic E-state index is 9.09. The van der Waals surface area contributed by atoms with Crippen molar-refractivity contribution in [3.63, 3.8) is 0 Å². The van der Waals surface area contributed by atoms with Gasteiger partial charge in [-0.2, -0.15) is 0 Å². The van der Waals surface area contributed by atoms with E-state index in [1.165, 1.54) is 0 Å². The van der Waals surface area contributed by atoms with Crippen molar-refractivity contribution in [2.24, 2.45) is 0 Å². The third kappa shape index (κ3) is 2.15. The zero-order valence-electron chi connectivity index (χ0n) is 7.48. The van der Waals surface area contributed by atoms with Gasteiger partial charge in [0.1, 0.15) is 4.60 Å². The van der Waals surface area contributed by atoms with E-state index in [2.05, 4.69) is 20.9 Å². The van der Waals surface area contributed by atoms with Gasteiger partial charge in [0.25, 0.3) is 0 Å². The minimum absolute atomic E-state index is 0.324. The standard InChI is InChI=1S/C9H6BBrClNO2/c11-9-7(10(14)15)4-5-3-6(12)1-2-8(5)13-9/h1-4,14-15H. The molecule has 0 aliphatic heterocycles. The van der Waals surface area contributed by atoms with Crippen molar-refractivity contribution in [1.29, 1.82) is 0 Å². The molecule has 0 spiro atoms. The molecule has 0 aliphatic rings. The summed E-state index contributed by atoms with van der Waals surface area (Å²) in [4.78, 5) is 4.18. The molecule has 0 amide bonds. The number of hydrogen-bond acceptors (Lipinski definition) is 3. The van der Waals surface area contributed by atoms with Gasteiger partial charge in [0, 0.05) is 15.9 Å². The highest BCUT2D eigenvalue weighted by Crippen LogP contribution is 2.19. The second-order valence-corrected chi connectivity index (χ2v) is 4.27. The van der Waals surface area contributed by atoms with Crippen molar-refractivity contribution >= 4 is 51.0 Å². The fraction of sp³-hybridized carbons (Fsp3) is 0. The molecule has 0 saturated heterocycles. The number of fused-ring (bicyclic) bond motifs is 1. The summed E-state index contributed by atoms with van der Waals surface area (Å²) in [6, 6.07) is 6.87. The van der Waals surface area contributed by atoms with E-state index < -0.39 is 7.12 Å². The van der Waals surface area contributed by atoms with E-state index in [1.807, 2.05) is 0 Å². The Labute approximate surface area is 100.0 Å². The van der Waals surface area contributed by atoms with Gasteiger partial charge >= 0.3 is 7.12 Å². The van der Waals surface area contributed by atoms with Crippen LogP contribution in [0.3, 0.4) is 0 Å². The average Bonchev–Trinajstić information content (AvgIpc) is 2.17. The Morgan fingerprint density at radius 2 is 2.00 bits per heavy atom. The Hall–Kier alpha value is -0.615. The number of pyridine rings is 1. The van der Waals surface area contributed by atoms with E-state index in [1.54, 1.807) is 24.3 Å². The van der Waals surface area contributed by atoms with Crippen LogP contribution in [-0.2, 0) is 0 Å². The van der Waals surface area contributed by atoms with Gasteiger partial charge in [-0.3, -0.25) is 0 Å². The number of rotatable bonds is 1. The molecule has 0 bridgehead atoms. The molecule has 0 radical (unpaired) electrons. The Bertz CT molecular complexity index is 521. The van der Waals surface area contributed by atoms with Gasteiger partial charge in [-0.15, -0.1) is 0 Å². The molecule has 2 N–H and O–H groups in total. The Morgan fingerprint density at radius 1 is 1.27 bits per heavy atom. The summed E-state index contributed by atoms with van der Waals surface area (Å²) in [5.41, 5.74) is 1.07. The lowest BCUT2D eigenvalue weighted by atomic mass is 9.81. The minimum Gasteiger partial charge on any atom is -0.423 e. The molecule has 2 rings (SSSR count). The Morgan fingerprint density at radius 3 is 2.67 bits per heavy atom. The molecule has 15 heavy (non-hydrogen) atoms. The van der Waals surface area contributed by atoms with Crippen LogP contribution in [0, 0.1) is 0 Å². The van der Waals surface area contributed by atoms with Gasteiger partial charge in [0.2, 0.25) is 0 Å². The van der Waals surface area contributed by atoms with Gasteiger partial charge < -0.3 is 10.0 Å². The molecule has 76 valence electrons. The zero-order valence-corrected chi connectivity index (χ0v) is 9.83. The van der Waals surface area contributed by atoms with Gasteiger partial charge in [0.15, 0.2) is 0 Å². The van der Waals surface area contributed by atoms with Crippen molar-refractivity contribution in [2.45, 2.75) is 0 Å². The molecule has 2 aromatic rings. The van der Waals surface area contributed by atoms with E-state index in [9.17, 15) is 0 Å². The lowest BCUT2D eigenvalue weighted by molar-refractivity contribution is 0.425. The molecular weight excluding hydrogens is 280 g/mol. The molecule has 1 aromatic carbocycles. The van der Waals surface area contributed by atoms with Crippen molar-refractivity contribution < 1.29 is 10.0 Å². The molecule has 1 aromatic heterocycles. The minimum atomic E-state index is -1.55. The predicted molar refractivity (Wildman–Crippen MR) is 64.3 cm³/mol. The predicted octanol–water partition coefficient (Wildman–Crippen LogP) is 1.33. The second-order valence-electron chi connectivity index (χ2n) is 3.08. The molecular formula is C9H6BBrClNO2. The van der Waals surface area contributed by atoms with Crippen LogP contribution in [0.15, 0.2) is 28.9 Å². The first-order chi connectivity index (χ1) is 7.08. The van der Waals surface area contributed by atoms with Crippen LogP contribution in [-0.4, -0.2) is 22.2 Å². The SMILES string of the molecule is OB(O)c1cc2cc(Cl)ccc2nc1Br. The van der Waals surface area contributed by atoms with Crippen LogP contribution >= 0.6 is 27.5 Å². The first-order valence-corrected chi connectivity index (χ1v) is 5.37. The third-order valence-electron chi connectivity index (χ3n) is 2.04. The largest absolute Gasteiger partial charge is 0.491 e. The fourth-order valence-corrected chi connectivity index (χ4v) is 2.01. The quantitative estimate of drug-likeness (QED) is 0.614. The van der Waals surface area contributed by atoms with E-state index in [4.69, 9.17) is 21.6 Å². The number of halogens is 2. The normalized spacial score (nSPS) is 10.7. The second kappa shape index (κ2) is 4.10. The van der Waals surface area contributed by atoms with Crippen LogP contribution in [0.5, 0.6) is 0 Å². The van der Waals surface area contributed by atoms with Gasteiger partial charge in [-0.25, -0.2) is 4.98 Å². The summed E-state index contributed by atoms with van der Waals surface area (Å²) < 4.78 is 0.423. The van der Waals surface area contributed by atoms with E-state index in [-0.39, 0.29) is 0 Å². The maximum atomic E-state index is 9.09. The van der Waals surface area contributed by atoms with Crippen LogP contribution in [0.1, 0.15) is 0 Å². The maximum Gasteiger partial charge on any atom is 0.491 e. The monoisotopic (exact) mass is 285 g/mol. The first-order valence-electron chi connectivity index (χ1n) is 4.20. The fourth-order valence-electron chi connectivity index (χ4n) is 1.32. The Balaban J connectivity index is 2.72. The summed E-state index contributed by atoms with van der Waals surface area (Å²) in [6.07, 6.45) is 0. The topological polar surface area (TPSA) is 53.4 Å². The van der Waals surface area contributed by atoms with E-state index >= 15 is 0 Å². The number of benzene rings is 1. The van der Waals surface area contributed by atoms with Gasteiger partial charge in [0.05, 0.1) is 5.52 Å². The van der Waals surface area contributed by atoms with Crippen molar-refractivity contribution in [3.05, 3.63) is 33.9 Å². The summed E-state index contributed by atoms with van der Waals surface area (Å²) in [5.74, 6) is 0. The summed E-state index contributed by atoms with van der Waals surface area (Å²) in [7, 11) is -1.55. The molecule has 1 heterocycles. The molecule has 0 saturated carbocycles. The van der Waals surface area contributed by atoms with Crippen molar-refractivity contribution in [2.75, 3.05) is 0 Å². The van der Waals surface area contributed by atoms with Crippen LogP contribution in [0.2, 0.25) is 5.02 Å². The third-order valence-corrected chi connectivity index (χ3v) is 2.91. The first kappa shape index (κ1) is 10.9. The highest BCUT2D eigenvalue weighted by molar-refractivity contribution is 9.10.